The average molecular weight is 209 g/mol. The first-order chi connectivity index (χ1) is 7.00. The molecule has 0 spiro atoms. The van der Waals surface area contributed by atoms with Crippen molar-refractivity contribution in [1.82, 2.24) is 5.32 Å². The van der Waals surface area contributed by atoms with Gasteiger partial charge in [0.25, 0.3) is 5.69 Å². The van der Waals surface area contributed by atoms with Crippen molar-refractivity contribution in [2.45, 2.75) is 13.5 Å². The van der Waals surface area contributed by atoms with E-state index in [1.807, 2.05) is 0 Å². The van der Waals surface area contributed by atoms with Gasteiger partial charge in [0.05, 0.1) is 4.92 Å². The number of rotatable bonds is 3. The van der Waals surface area contributed by atoms with Gasteiger partial charge in [-0.15, -0.1) is 0 Å². The number of hydrogen-bond donors (Lipinski definition) is 2. The minimum atomic E-state index is -0.549. The Labute approximate surface area is 86.2 Å². The predicted molar refractivity (Wildman–Crippen MR) is 55.0 cm³/mol. The van der Waals surface area contributed by atoms with E-state index in [1.54, 1.807) is 6.07 Å². The maximum absolute atomic E-state index is 10.6. The van der Waals surface area contributed by atoms with Crippen LogP contribution in [0.5, 0.6) is 0 Å². The minimum absolute atomic E-state index is 0.117. The SMILES string of the molecule is CC(=O)NCc1ccc(N)c([N+](=O)[O-])c1. The number of nitrogen functional groups attached to an aromatic ring is 1. The fraction of sp³-hybridized carbons (Fsp3) is 0.222. The van der Waals surface area contributed by atoms with Gasteiger partial charge in [-0.05, 0) is 11.6 Å². The molecule has 80 valence electrons. The summed E-state index contributed by atoms with van der Waals surface area (Å²) < 4.78 is 0. The number of amides is 1. The summed E-state index contributed by atoms with van der Waals surface area (Å²) in [7, 11) is 0. The number of benzene rings is 1. The van der Waals surface area contributed by atoms with Crippen LogP contribution in [0.1, 0.15) is 12.5 Å². The summed E-state index contributed by atoms with van der Waals surface area (Å²) >= 11 is 0. The molecule has 0 radical (unpaired) electrons. The molecule has 0 unspecified atom stereocenters. The Morgan fingerprint density at radius 2 is 2.27 bits per heavy atom. The van der Waals surface area contributed by atoms with E-state index in [0.29, 0.717) is 5.56 Å². The number of nitro groups is 1. The van der Waals surface area contributed by atoms with E-state index in [-0.39, 0.29) is 23.8 Å². The van der Waals surface area contributed by atoms with Crippen LogP contribution in [0.2, 0.25) is 0 Å². The lowest BCUT2D eigenvalue weighted by atomic mass is 10.2. The Balaban J connectivity index is 2.87. The Kier molecular flexibility index (Phi) is 3.22. The minimum Gasteiger partial charge on any atom is -0.393 e. The van der Waals surface area contributed by atoms with Crippen molar-refractivity contribution in [1.29, 1.82) is 0 Å². The van der Waals surface area contributed by atoms with Crippen molar-refractivity contribution in [3.8, 4) is 0 Å². The summed E-state index contributed by atoms with van der Waals surface area (Å²) in [6.45, 7) is 1.64. The molecule has 0 fully saturated rings. The lowest BCUT2D eigenvalue weighted by Gasteiger charge is -2.03. The largest absolute Gasteiger partial charge is 0.393 e. The van der Waals surface area contributed by atoms with Crippen molar-refractivity contribution >= 4 is 17.3 Å². The summed E-state index contributed by atoms with van der Waals surface area (Å²) in [5, 5.41) is 13.1. The van der Waals surface area contributed by atoms with E-state index in [9.17, 15) is 14.9 Å². The molecular formula is C9H11N3O3. The molecule has 3 N–H and O–H groups in total. The quantitative estimate of drug-likeness (QED) is 0.437. The van der Waals surface area contributed by atoms with Crippen LogP contribution in [-0.4, -0.2) is 10.8 Å². The molecule has 0 saturated heterocycles. The highest BCUT2D eigenvalue weighted by atomic mass is 16.6. The third-order valence-electron chi connectivity index (χ3n) is 1.83. The number of carbonyl (C=O) groups excluding carboxylic acids is 1. The van der Waals surface area contributed by atoms with E-state index in [4.69, 9.17) is 5.73 Å². The highest BCUT2D eigenvalue weighted by molar-refractivity contribution is 5.72. The van der Waals surface area contributed by atoms with Crippen molar-refractivity contribution in [2.24, 2.45) is 0 Å². The van der Waals surface area contributed by atoms with Gasteiger partial charge in [0, 0.05) is 19.5 Å². The van der Waals surface area contributed by atoms with Gasteiger partial charge in [0.15, 0.2) is 0 Å². The normalized spacial score (nSPS) is 9.67. The van der Waals surface area contributed by atoms with E-state index in [1.165, 1.54) is 19.1 Å². The van der Waals surface area contributed by atoms with Crippen LogP contribution in [0.25, 0.3) is 0 Å². The second-order valence-corrected chi connectivity index (χ2v) is 3.06. The molecule has 6 nitrogen and oxygen atoms in total. The molecule has 15 heavy (non-hydrogen) atoms. The highest BCUT2D eigenvalue weighted by Gasteiger charge is 2.11. The zero-order chi connectivity index (χ0) is 11.4. The van der Waals surface area contributed by atoms with Crippen LogP contribution in [-0.2, 0) is 11.3 Å². The molecule has 6 heteroatoms. The molecule has 1 aromatic carbocycles. The van der Waals surface area contributed by atoms with Gasteiger partial charge in [-0.25, -0.2) is 0 Å². The van der Waals surface area contributed by atoms with Crippen LogP contribution in [0.4, 0.5) is 11.4 Å². The number of nitrogens with zero attached hydrogens (tertiary/aromatic N) is 1. The first-order valence-corrected chi connectivity index (χ1v) is 4.28. The summed E-state index contributed by atoms with van der Waals surface area (Å²) in [5.41, 5.74) is 6.04. The zero-order valence-corrected chi connectivity index (χ0v) is 8.19. The maximum Gasteiger partial charge on any atom is 0.292 e. The third-order valence-corrected chi connectivity index (χ3v) is 1.83. The summed E-state index contributed by atoms with van der Waals surface area (Å²) in [6, 6.07) is 4.44. The van der Waals surface area contributed by atoms with Gasteiger partial charge in [-0.1, -0.05) is 6.07 Å². The average Bonchev–Trinajstić information content (AvgIpc) is 2.16. The Morgan fingerprint density at radius 3 is 2.80 bits per heavy atom. The molecule has 0 saturated carbocycles. The van der Waals surface area contributed by atoms with E-state index < -0.39 is 4.92 Å². The second-order valence-electron chi connectivity index (χ2n) is 3.06. The van der Waals surface area contributed by atoms with Crippen molar-refractivity contribution in [3.05, 3.63) is 33.9 Å². The van der Waals surface area contributed by atoms with Gasteiger partial charge < -0.3 is 11.1 Å². The molecule has 0 bridgehead atoms. The van der Waals surface area contributed by atoms with Crippen molar-refractivity contribution < 1.29 is 9.72 Å². The lowest BCUT2D eigenvalue weighted by molar-refractivity contribution is -0.384. The fourth-order valence-corrected chi connectivity index (χ4v) is 1.08. The van der Waals surface area contributed by atoms with Crippen LogP contribution in [0.3, 0.4) is 0 Å². The predicted octanol–water partition coefficient (Wildman–Crippen LogP) is 0.813. The van der Waals surface area contributed by atoms with Gasteiger partial charge >= 0.3 is 0 Å². The standard InChI is InChI=1S/C9H11N3O3/c1-6(13)11-5-7-2-3-8(10)9(4-7)12(14)15/h2-4H,5,10H2,1H3,(H,11,13). The van der Waals surface area contributed by atoms with Gasteiger partial charge in [0.1, 0.15) is 5.69 Å². The summed E-state index contributed by atoms with van der Waals surface area (Å²) in [5.74, 6) is -0.186. The molecule has 0 aliphatic rings. The molecule has 0 aliphatic heterocycles. The van der Waals surface area contributed by atoms with Gasteiger partial charge in [-0.2, -0.15) is 0 Å². The van der Waals surface area contributed by atoms with Gasteiger partial charge in [-0.3, -0.25) is 14.9 Å². The van der Waals surface area contributed by atoms with Gasteiger partial charge in [0.2, 0.25) is 5.91 Å². The van der Waals surface area contributed by atoms with E-state index in [2.05, 4.69) is 5.32 Å². The number of nitro benzene ring substituents is 1. The first kappa shape index (κ1) is 11.0. The van der Waals surface area contributed by atoms with Crippen molar-refractivity contribution in [2.75, 3.05) is 5.73 Å². The molecule has 0 heterocycles. The number of hydrogen-bond acceptors (Lipinski definition) is 4. The Bertz CT molecular complexity index is 404. The third kappa shape index (κ3) is 2.94. The lowest BCUT2D eigenvalue weighted by Crippen LogP contribution is -2.18. The number of carbonyl (C=O) groups is 1. The highest BCUT2D eigenvalue weighted by Crippen LogP contribution is 2.21. The van der Waals surface area contributed by atoms with Crippen LogP contribution >= 0.6 is 0 Å². The fourth-order valence-electron chi connectivity index (χ4n) is 1.08. The molecule has 1 rings (SSSR count). The molecular weight excluding hydrogens is 198 g/mol. The topological polar surface area (TPSA) is 98.3 Å². The summed E-state index contributed by atoms with van der Waals surface area (Å²) in [6.07, 6.45) is 0. The first-order valence-electron chi connectivity index (χ1n) is 4.28. The number of nitrogens with two attached hydrogens (primary N) is 1. The molecule has 0 aromatic heterocycles. The molecule has 1 amide bonds. The molecule has 1 aromatic rings. The maximum atomic E-state index is 10.6. The smallest absolute Gasteiger partial charge is 0.292 e. The monoisotopic (exact) mass is 209 g/mol. The zero-order valence-electron chi connectivity index (χ0n) is 8.19. The Morgan fingerprint density at radius 1 is 1.60 bits per heavy atom. The van der Waals surface area contributed by atoms with E-state index in [0.717, 1.165) is 0 Å². The number of anilines is 1. The van der Waals surface area contributed by atoms with Crippen LogP contribution in [0.15, 0.2) is 18.2 Å². The molecule has 0 atom stereocenters. The second kappa shape index (κ2) is 4.41. The van der Waals surface area contributed by atoms with Crippen molar-refractivity contribution in [3.63, 3.8) is 0 Å². The van der Waals surface area contributed by atoms with E-state index >= 15 is 0 Å². The van der Waals surface area contributed by atoms with Crippen LogP contribution < -0.4 is 11.1 Å². The summed E-state index contributed by atoms with van der Waals surface area (Å²) in [4.78, 5) is 20.6. The molecule has 0 aliphatic carbocycles. The van der Waals surface area contributed by atoms with Crippen LogP contribution in [0, 0.1) is 10.1 Å². The number of nitrogens with one attached hydrogen (secondary N) is 1. The Hall–Kier alpha value is -2.11.